The highest BCUT2D eigenvalue weighted by Crippen LogP contribution is 2.25. The van der Waals surface area contributed by atoms with E-state index < -0.39 is 0 Å². The molecule has 1 aromatic carbocycles. The first-order valence-electron chi connectivity index (χ1n) is 9.13. The Labute approximate surface area is 162 Å². The molecule has 0 heterocycles. The molecule has 136 valence electrons. The van der Waals surface area contributed by atoms with Gasteiger partial charge in [0.25, 0.3) is 0 Å². The number of rotatable bonds is 12. The maximum atomic E-state index is 6.10. The molecular formula is C19H30Cl2N2S. The smallest absolute Gasteiger partial charge is 0.170 e. The molecule has 0 aliphatic heterocycles. The van der Waals surface area contributed by atoms with Crippen LogP contribution in [0.1, 0.15) is 71.1 Å². The summed E-state index contributed by atoms with van der Waals surface area (Å²) >= 11 is 17.3. The van der Waals surface area contributed by atoms with Crippen LogP contribution in [0.4, 0.5) is 5.69 Å². The number of thiocarbonyl (C=S) groups is 1. The normalized spacial score (nSPS) is 10.6. The number of hydrogen-bond acceptors (Lipinski definition) is 1. The van der Waals surface area contributed by atoms with E-state index in [-0.39, 0.29) is 0 Å². The average molecular weight is 389 g/mol. The van der Waals surface area contributed by atoms with E-state index in [4.69, 9.17) is 35.4 Å². The van der Waals surface area contributed by atoms with Crippen LogP contribution < -0.4 is 10.6 Å². The van der Waals surface area contributed by atoms with Crippen LogP contribution in [0.25, 0.3) is 0 Å². The second-order valence-corrected chi connectivity index (χ2v) is 7.44. The van der Waals surface area contributed by atoms with E-state index in [2.05, 4.69) is 17.6 Å². The molecule has 0 spiro atoms. The Morgan fingerprint density at radius 2 is 1.50 bits per heavy atom. The van der Waals surface area contributed by atoms with Gasteiger partial charge in [-0.1, -0.05) is 87.9 Å². The van der Waals surface area contributed by atoms with Gasteiger partial charge in [-0.05, 0) is 36.8 Å². The summed E-state index contributed by atoms with van der Waals surface area (Å²) in [5.41, 5.74) is 0.740. The van der Waals surface area contributed by atoms with Gasteiger partial charge in [-0.15, -0.1) is 0 Å². The van der Waals surface area contributed by atoms with Crippen molar-refractivity contribution in [3.63, 3.8) is 0 Å². The van der Waals surface area contributed by atoms with Crippen molar-refractivity contribution in [2.75, 3.05) is 11.9 Å². The fourth-order valence-electron chi connectivity index (χ4n) is 2.57. The summed E-state index contributed by atoms with van der Waals surface area (Å²) < 4.78 is 0. The van der Waals surface area contributed by atoms with Gasteiger partial charge in [0.15, 0.2) is 5.11 Å². The first-order chi connectivity index (χ1) is 11.6. The van der Waals surface area contributed by atoms with Gasteiger partial charge in [-0.2, -0.15) is 0 Å². The topological polar surface area (TPSA) is 24.1 Å². The molecule has 24 heavy (non-hydrogen) atoms. The lowest BCUT2D eigenvalue weighted by Crippen LogP contribution is -2.29. The molecular weight excluding hydrogens is 359 g/mol. The summed E-state index contributed by atoms with van der Waals surface area (Å²) in [5, 5.41) is 8.16. The fraction of sp³-hybridized carbons (Fsp3) is 0.632. The molecule has 2 nitrogen and oxygen atoms in total. The van der Waals surface area contributed by atoms with E-state index in [9.17, 15) is 0 Å². The molecule has 1 rings (SSSR count). The predicted octanol–water partition coefficient (Wildman–Crippen LogP) is 7.20. The standard InChI is InChI=1S/C19H30Cl2N2S/c1-2-3-4-5-6-7-8-9-10-11-14-22-19(24)23-18-15-16(20)12-13-17(18)21/h12-13,15H,2-11,14H2,1H3,(H2,22,23,24). The lowest BCUT2D eigenvalue weighted by atomic mass is 10.1. The van der Waals surface area contributed by atoms with Gasteiger partial charge in [0, 0.05) is 11.6 Å². The summed E-state index contributed by atoms with van der Waals surface area (Å²) in [4.78, 5) is 0. The molecule has 0 saturated heterocycles. The maximum Gasteiger partial charge on any atom is 0.170 e. The van der Waals surface area contributed by atoms with Crippen LogP contribution in [-0.4, -0.2) is 11.7 Å². The quantitative estimate of drug-likeness (QED) is 0.292. The minimum atomic E-state index is 0.593. The van der Waals surface area contributed by atoms with Crippen molar-refractivity contribution in [2.24, 2.45) is 0 Å². The number of unbranched alkanes of at least 4 members (excludes halogenated alkanes) is 9. The molecule has 0 amide bonds. The van der Waals surface area contributed by atoms with Crippen LogP contribution in [0.15, 0.2) is 18.2 Å². The molecule has 0 unspecified atom stereocenters. The Bertz CT molecular complexity index is 480. The highest BCUT2D eigenvalue weighted by molar-refractivity contribution is 7.80. The third-order valence-corrected chi connectivity index (χ3v) is 4.80. The summed E-state index contributed by atoms with van der Waals surface area (Å²) in [7, 11) is 0. The van der Waals surface area contributed by atoms with Crippen molar-refractivity contribution in [3.8, 4) is 0 Å². The molecule has 0 aliphatic carbocycles. The Balaban J connectivity index is 1.99. The largest absolute Gasteiger partial charge is 0.362 e. The van der Waals surface area contributed by atoms with Crippen LogP contribution in [0.5, 0.6) is 0 Å². The average Bonchev–Trinajstić information content (AvgIpc) is 2.56. The lowest BCUT2D eigenvalue weighted by Gasteiger charge is -2.12. The van der Waals surface area contributed by atoms with E-state index in [1.807, 2.05) is 0 Å². The molecule has 0 saturated carbocycles. The number of benzene rings is 1. The zero-order chi connectivity index (χ0) is 17.6. The van der Waals surface area contributed by atoms with Crippen molar-refractivity contribution in [1.29, 1.82) is 0 Å². The van der Waals surface area contributed by atoms with Crippen molar-refractivity contribution in [2.45, 2.75) is 71.1 Å². The van der Waals surface area contributed by atoms with Gasteiger partial charge in [-0.3, -0.25) is 0 Å². The molecule has 0 radical (unpaired) electrons. The van der Waals surface area contributed by atoms with E-state index in [1.54, 1.807) is 18.2 Å². The summed E-state index contributed by atoms with van der Waals surface area (Å²) in [5.74, 6) is 0. The fourth-order valence-corrected chi connectivity index (χ4v) is 3.12. The molecule has 2 N–H and O–H groups in total. The highest BCUT2D eigenvalue weighted by Gasteiger charge is 2.03. The second-order valence-electron chi connectivity index (χ2n) is 6.19. The van der Waals surface area contributed by atoms with Crippen molar-refractivity contribution >= 4 is 46.2 Å². The zero-order valence-corrected chi connectivity index (χ0v) is 17.0. The predicted molar refractivity (Wildman–Crippen MR) is 113 cm³/mol. The minimum absolute atomic E-state index is 0.593. The minimum Gasteiger partial charge on any atom is -0.362 e. The monoisotopic (exact) mass is 388 g/mol. The van der Waals surface area contributed by atoms with Gasteiger partial charge in [-0.25, -0.2) is 0 Å². The molecule has 0 atom stereocenters. The number of anilines is 1. The highest BCUT2D eigenvalue weighted by atomic mass is 35.5. The van der Waals surface area contributed by atoms with Crippen LogP contribution in [-0.2, 0) is 0 Å². The van der Waals surface area contributed by atoms with Gasteiger partial charge < -0.3 is 10.6 Å². The Morgan fingerprint density at radius 3 is 2.12 bits per heavy atom. The number of nitrogens with one attached hydrogen (secondary N) is 2. The molecule has 0 fully saturated rings. The summed E-state index contributed by atoms with van der Waals surface area (Å²) in [6.07, 6.45) is 13.4. The molecule has 0 aliphatic rings. The molecule has 1 aromatic rings. The number of hydrogen-bond donors (Lipinski definition) is 2. The Morgan fingerprint density at radius 1 is 0.917 bits per heavy atom. The molecule has 5 heteroatoms. The zero-order valence-electron chi connectivity index (χ0n) is 14.7. The van der Waals surface area contributed by atoms with E-state index in [1.165, 1.54) is 57.8 Å². The Hall–Kier alpha value is -0.510. The third kappa shape index (κ3) is 10.4. The Kier molecular flexibility index (Phi) is 12.3. The third-order valence-electron chi connectivity index (χ3n) is 3.99. The molecule has 0 bridgehead atoms. The SMILES string of the molecule is CCCCCCCCCCCCNC(=S)Nc1cc(Cl)ccc1Cl. The van der Waals surface area contributed by atoms with Gasteiger partial charge >= 0.3 is 0 Å². The summed E-state index contributed by atoms with van der Waals surface area (Å²) in [6.45, 7) is 3.15. The van der Waals surface area contributed by atoms with Crippen LogP contribution in [0, 0.1) is 0 Å². The first kappa shape index (κ1) is 21.5. The van der Waals surface area contributed by atoms with E-state index in [0.717, 1.165) is 18.7 Å². The van der Waals surface area contributed by atoms with E-state index >= 15 is 0 Å². The second kappa shape index (κ2) is 13.7. The van der Waals surface area contributed by atoms with Crippen molar-refractivity contribution < 1.29 is 0 Å². The summed E-state index contributed by atoms with van der Waals surface area (Å²) in [6, 6.07) is 5.30. The number of halogens is 2. The van der Waals surface area contributed by atoms with Crippen LogP contribution >= 0.6 is 35.4 Å². The van der Waals surface area contributed by atoms with Crippen molar-refractivity contribution in [1.82, 2.24) is 5.32 Å². The maximum absolute atomic E-state index is 6.10. The van der Waals surface area contributed by atoms with Crippen LogP contribution in [0.2, 0.25) is 10.0 Å². The van der Waals surface area contributed by atoms with Gasteiger partial charge in [0.1, 0.15) is 0 Å². The van der Waals surface area contributed by atoms with Gasteiger partial charge in [0.2, 0.25) is 0 Å². The van der Waals surface area contributed by atoms with E-state index in [0.29, 0.717) is 15.2 Å². The lowest BCUT2D eigenvalue weighted by molar-refractivity contribution is 0.555. The van der Waals surface area contributed by atoms with Crippen LogP contribution in [0.3, 0.4) is 0 Å². The first-order valence-corrected chi connectivity index (χ1v) is 10.3. The van der Waals surface area contributed by atoms with Crippen molar-refractivity contribution in [3.05, 3.63) is 28.2 Å². The molecule has 0 aromatic heterocycles. The van der Waals surface area contributed by atoms with Gasteiger partial charge in [0.05, 0.1) is 10.7 Å².